The molecule has 11 heteroatoms. The molecule has 0 atom stereocenters. The molecule has 0 saturated carbocycles. The fourth-order valence-corrected chi connectivity index (χ4v) is 5.69. The third-order valence-corrected chi connectivity index (χ3v) is 7.75. The highest BCUT2D eigenvalue weighted by Gasteiger charge is 2.19. The summed E-state index contributed by atoms with van der Waals surface area (Å²) in [6.45, 7) is 3.27. The summed E-state index contributed by atoms with van der Waals surface area (Å²) in [6, 6.07) is 26.6. The lowest BCUT2D eigenvalue weighted by atomic mass is 10.1. The highest BCUT2D eigenvalue weighted by atomic mass is 32.1. The monoisotopic (exact) mass is 589 g/mol. The van der Waals surface area contributed by atoms with Crippen LogP contribution in [-0.4, -0.2) is 51.7 Å². The number of para-hydroxylation sites is 1. The van der Waals surface area contributed by atoms with Crippen LogP contribution in [0, 0.1) is 0 Å². The number of nitrogens with zero attached hydrogens (tertiary/aromatic N) is 5. The van der Waals surface area contributed by atoms with Crippen molar-refractivity contribution in [3.63, 3.8) is 0 Å². The van der Waals surface area contributed by atoms with Crippen LogP contribution in [0.2, 0.25) is 0 Å². The molecule has 43 heavy (non-hydrogen) atoms. The van der Waals surface area contributed by atoms with Gasteiger partial charge in [-0.2, -0.15) is 0 Å². The first-order valence-electron chi connectivity index (χ1n) is 13.8. The minimum absolute atomic E-state index is 0.467. The molecule has 2 N–H and O–H groups in total. The van der Waals surface area contributed by atoms with Gasteiger partial charge in [0.2, 0.25) is 5.95 Å². The lowest BCUT2D eigenvalue weighted by Crippen LogP contribution is -2.36. The minimum Gasteiger partial charge on any atom is -0.410 e. The van der Waals surface area contributed by atoms with Crippen LogP contribution in [0.25, 0.3) is 27.6 Å². The van der Waals surface area contributed by atoms with Crippen LogP contribution >= 0.6 is 11.3 Å². The molecule has 1 fully saturated rings. The molecular weight excluding hydrogens is 562 g/mol. The van der Waals surface area contributed by atoms with E-state index in [2.05, 4.69) is 32.7 Å². The van der Waals surface area contributed by atoms with Crippen molar-refractivity contribution >= 4 is 45.4 Å². The summed E-state index contributed by atoms with van der Waals surface area (Å²) in [7, 11) is 0. The molecule has 1 amide bonds. The van der Waals surface area contributed by atoms with E-state index >= 15 is 0 Å². The number of hydrogen-bond acceptors (Lipinski definition) is 9. The molecule has 3 aromatic carbocycles. The van der Waals surface area contributed by atoms with E-state index in [-0.39, 0.29) is 0 Å². The number of ether oxygens (including phenoxy) is 2. The number of aromatic nitrogens is 4. The summed E-state index contributed by atoms with van der Waals surface area (Å²) in [5, 5.41) is 8.13. The third-order valence-electron chi connectivity index (χ3n) is 7.00. The van der Waals surface area contributed by atoms with Crippen LogP contribution < -0.4 is 20.3 Å². The smallest absolute Gasteiger partial charge is 0.410 e. The highest BCUT2D eigenvalue weighted by Crippen LogP contribution is 2.35. The lowest BCUT2D eigenvalue weighted by molar-refractivity contribution is 0.122. The number of nitrogens with one attached hydrogen (secondary N) is 2. The van der Waals surface area contributed by atoms with Crippen LogP contribution in [-0.2, 0) is 4.74 Å². The Labute approximate surface area is 251 Å². The zero-order chi connectivity index (χ0) is 29.0. The average molecular weight is 590 g/mol. The molecule has 3 aromatic heterocycles. The van der Waals surface area contributed by atoms with Gasteiger partial charge in [-0.25, -0.2) is 19.7 Å². The second-order valence-corrected chi connectivity index (χ2v) is 10.7. The van der Waals surface area contributed by atoms with Crippen LogP contribution in [0.4, 0.5) is 27.8 Å². The van der Waals surface area contributed by atoms with E-state index in [9.17, 15) is 4.79 Å². The minimum atomic E-state index is -0.570. The fraction of sp³-hybridized carbons (Fsp3) is 0.125. The van der Waals surface area contributed by atoms with Gasteiger partial charge in [0.25, 0.3) is 0 Å². The maximum atomic E-state index is 12.5. The number of morpholine rings is 1. The van der Waals surface area contributed by atoms with Gasteiger partial charge >= 0.3 is 6.09 Å². The summed E-state index contributed by atoms with van der Waals surface area (Å²) in [4.78, 5) is 29.9. The number of hydrogen-bond donors (Lipinski definition) is 2. The normalized spacial score (nSPS) is 13.2. The number of carbonyl (C=O) groups excluding carboxylic acids is 1. The predicted molar refractivity (Wildman–Crippen MR) is 168 cm³/mol. The van der Waals surface area contributed by atoms with E-state index in [4.69, 9.17) is 19.4 Å². The van der Waals surface area contributed by atoms with Gasteiger partial charge in [-0.15, -0.1) is 11.3 Å². The molecular formula is C32H27N7O3S. The first kappa shape index (κ1) is 26.6. The molecule has 0 radical (unpaired) electrons. The maximum absolute atomic E-state index is 12.5. The number of thiazole rings is 1. The Morgan fingerprint density at radius 2 is 1.74 bits per heavy atom. The number of benzene rings is 3. The lowest BCUT2D eigenvalue weighted by Gasteiger charge is -2.28. The van der Waals surface area contributed by atoms with E-state index in [0.29, 0.717) is 23.1 Å². The van der Waals surface area contributed by atoms with E-state index in [1.54, 1.807) is 18.3 Å². The Bertz CT molecular complexity index is 1870. The van der Waals surface area contributed by atoms with Crippen LogP contribution in [0.5, 0.6) is 5.75 Å². The van der Waals surface area contributed by atoms with E-state index in [0.717, 1.165) is 59.6 Å². The zero-order valence-electron chi connectivity index (χ0n) is 23.0. The van der Waals surface area contributed by atoms with Gasteiger partial charge in [0.1, 0.15) is 11.4 Å². The Morgan fingerprint density at radius 3 is 2.58 bits per heavy atom. The molecule has 1 aliphatic rings. The molecule has 0 unspecified atom stereocenters. The van der Waals surface area contributed by atoms with Gasteiger partial charge in [0, 0.05) is 53.5 Å². The molecule has 0 aliphatic carbocycles. The molecule has 214 valence electrons. The number of fused-ring (bicyclic) bond motifs is 1. The molecule has 1 saturated heterocycles. The first-order chi connectivity index (χ1) is 21.2. The summed E-state index contributed by atoms with van der Waals surface area (Å²) in [5.41, 5.74) is 5.76. The number of rotatable bonds is 7. The molecule has 0 spiro atoms. The van der Waals surface area contributed by atoms with Crippen molar-refractivity contribution in [2.45, 2.75) is 0 Å². The van der Waals surface area contributed by atoms with Crippen molar-refractivity contribution in [2.75, 3.05) is 41.8 Å². The molecule has 7 rings (SSSR count). The number of amides is 1. The standard InChI is InChI=1S/C32H27N7O3S/c40-32(42-26-7-2-1-3-8-26)35-24-6-4-5-22(21-24)28-29(39-17-20-43-31(39)37-28)27-13-14-33-30(36-27)34-23-9-11-25(12-10-23)38-15-18-41-19-16-38/h1-14,17,20-21H,15-16,18-19H2,(H,35,40)(H,33,34,36). The predicted octanol–water partition coefficient (Wildman–Crippen LogP) is 6.71. The summed E-state index contributed by atoms with van der Waals surface area (Å²) in [5.74, 6) is 0.945. The van der Waals surface area contributed by atoms with Gasteiger partial charge in [-0.3, -0.25) is 9.72 Å². The largest absolute Gasteiger partial charge is 0.417 e. The van der Waals surface area contributed by atoms with Crippen molar-refractivity contribution in [1.29, 1.82) is 0 Å². The number of imidazole rings is 1. The zero-order valence-corrected chi connectivity index (χ0v) is 23.8. The summed E-state index contributed by atoms with van der Waals surface area (Å²) >= 11 is 1.54. The Balaban J connectivity index is 1.14. The van der Waals surface area contributed by atoms with Gasteiger partial charge in [0.05, 0.1) is 24.6 Å². The van der Waals surface area contributed by atoms with Crippen LogP contribution in [0.1, 0.15) is 0 Å². The van der Waals surface area contributed by atoms with E-state index in [1.807, 2.05) is 76.6 Å². The van der Waals surface area contributed by atoms with Gasteiger partial charge in [-0.1, -0.05) is 30.3 Å². The van der Waals surface area contributed by atoms with Crippen molar-refractivity contribution in [3.8, 4) is 28.4 Å². The number of anilines is 4. The van der Waals surface area contributed by atoms with Crippen LogP contribution in [0.15, 0.2) is 103 Å². The van der Waals surface area contributed by atoms with E-state index in [1.165, 1.54) is 11.3 Å². The Morgan fingerprint density at radius 1 is 0.907 bits per heavy atom. The summed E-state index contributed by atoms with van der Waals surface area (Å²) < 4.78 is 12.9. The molecule has 6 aromatic rings. The molecule has 1 aliphatic heterocycles. The molecule has 10 nitrogen and oxygen atoms in total. The van der Waals surface area contributed by atoms with Crippen molar-refractivity contribution < 1.29 is 14.3 Å². The van der Waals surface area contributed by atoms with Gasteiger partial charge in [-0.05, 0) is 54.6 Å². The highest BCUT2D eigenvalue weighted by molar-refractivity contribution is 7.15. The maximum Gasteiger partial charge on any atom is 0.417 e. The molecule has 0 bridgehead atoms. The van der Waals surface area contributed by atoms with Crippen molar-refractivity contribution in [1.82, 2.24) is 19.4 Å². The first-order valence-corrected chi connectivity index (χ1v) is 14.7. The molecule has 4 heterocycles. The summed E-state index contributed by atoms with van der Waals surface area (Å²) in [6.07, 6.45) is 3.14. The van der Waals surface area contributed by atoms with E-state index < -0.39 is 6.09 Å². The Kier molecular flexibility index (Phi) is 7.38. The second-order valence-electron chi connectivity index (χ2n) is 9.81. The quantitative estimate of drug-likeness (QED) is 0.212. The SMILES string of the molecule is O=C(Nc1cccc(-c2nc3sccn3c2-c2ccnc(Nc3ccc(N4CCOCC4)cc3)n2)c1)Oc1ccccc1. The van der Waals surface area contributed by atoms with Gasteiger partial charge in [0.15, 0.2) is 4.96 Å². The topological polar surface area (TPSA) is 106 Å². The van der Waals surface area contributed by atoms with Crippen molar-refractivity contribution in [2.24, 2.45) is 0 Å². The third kappa shape index (κ3) is 5.89. The second kappa shape index (κ2) is 11.9. The van der Waals surface area contributed by atoms with Crippen molar-refractivity contribution in [3.05, 3.63) is 103 Å². The average Bonchev–Trinajstić information content (AvgIpc) is 3.65. The number of carbonyl (C=O) groups is 1. The Hall–Kier alpha value is -5.26. The fourth-order valence-electron chi connectivity index (χ4n) is 4.97. The van der Waals surface area contributed by atoms with Gasteiger partial charge < -0.3 is 19.7 Å². The van der Waals surface area contributed by atoms with Crippen LogP contribution in [0.3, 0.4) is 0 Å².